The number of nitrogens with zero attached hydrogens (tertiary/aromatic N) is 10. The zero-order valence-corrected chi connectivity index (χ0v) is 28.9. The number of anilines is 1. The molecule has 45 heavy (non-hydrogen) atoms. The molecular weight excluding hydrogens is 691 g/mol. The van der Waals surface area contributed by atoms with Crippen molar-refractivity contribution in [1.82, 2.24) is 29.3 Å². The summed E-state index contributed by atoms with van der Waals surface area (Å²) in [6.07, 6.45) is 1.28. The van der Waals surface area contributed by atoms with Crippen LogP contribution in [0.2, 0.25) is 5.28 Å². The van der Waals surface area contributed by atoms with Crippen molar-refractivity contribution < 1.29 is 19.7 Å². The summed E-state index contributed by atoms with van der Waals surface area (Å²) in [4.78, 5) is 32.8. The number of hydrogen-bond acceptors (Lipinski definition) is 13. The molecule has 2 atom stereocenters. The van der Waals surface area contributed by atoms with Crippen molar-refractivity contribution >= 4 is 73.1 Å². The number of fused-ring (bicyclic) bond motifs is 2. The Balaban J connectivity index is 0.000000178. The van der Waals surface area contributed by atoms with E-state index in [1.807, 2.05) is 4.57 Å². The van der Waals surface area contributed by atoms with E-state index in [0.717, 1.165) is 37.3 Å². The van der Waals surface area contributed by atoms with Crippen LogP contribution in [0.1, 0.15) is 33.5 Å². The van der Waals surface area contributed by atoms with E-state index in [0.29, 0.717) is 61.6 Å². The van der Waals surface area contributed by atoms with E-state index in [1.165, 1.54) is 0 Å². The topological polar surface area (TPSA) is 149 Å². The van der Waals surface area contributed by atoms with Gasteiger partial charge in [-0.05, 0) is 50.9 Å². The van der Waals surface area contributed by atoms with Crippen LogP contribution in [0.15, 0.2) is 27.8 Å². The second-order valence-electron chi connectivity index (χ2n) is 11.9. The van der Waals surface area contributed by atoms with Crippen molar-refractivity contribution in [3.05, 3.63) is 23.9 Å². The number of aliphatic imine (C=N–C) groups is 3. The quantitative estimate of drug-likeness (QED) is 0.258. The van der Waals surface area contributed by atoms with Crippen molar-refractivity contribution in [2.75, 3.05) is 62.8 Å². The van der Waals surface area contributed by atoms with Gasteiger partial charge in [0.1, 0.15) is 28.7 Å². The van der Waals surface area contributed by atoms with Crippen LogP contribution in [0, 0.1) is 0 Å². The predicted octanol–water partition coefficient (Wildman–Crippen LogP) is 2.59. The molecule has 2 saturated heterocycles. The summed E-state index contributed by atoms with van der Waals surface area (Å²) in [6, 6.07) is -0.292. The number of imidazole rings is 1. The number of rotatable bonds is 6. The van der Waals surface area contributed by atoms with Gasteiger partial charge >= 0.3 is 0 Å². The van der Waals surface area contributed by atoms with E-state index in [1.54, 1.807) is 38.8 Å². The fourth-order valence-corrected chi connectivity index (χ4v) is 6.30. The summed E-state index contributed by atoms with van der Waals surface area (Å²) in [5.74, 6) is 2.55. The minimum atomic E-state index is -1.09. The monoisotopic (exact) mass is 728 g/mol. The first-order chi connectivity index (χ1) is 21.3. The van der Waals surface area contributed by atoms with Gasteiger partial charge in [0.15, 0.2) is 29.2 Å². The van der Waals surface area contributed by atoms with Gasteiger partial charge in [0, 0.05) is 44.3 Å². The first kappa shape index (κ1) is 33.9. The summed E-state index contributed by atoms with van der Waals surface area (Å²) in [7, 11) is 0. The first-order valence-electron chi connectivity index (χ1n) is 14.7. The molecule has 0 aromatic carbocycles. The van der Waals surface area contributed by atoms with Gasteiger partial charge in [-0.2, -0.15) is 9.97 Å². The van der Waals surface area contributed by atoms with Crippen molar-refractivity contribution in [3.8, 4) is 0 Å². The number of amidine groups is 3. The zero-order valence-electron chi connectivity index (χ0n) is 25.8. The number of hydrogen-bond donors (Lipinski definition) is 2. The lowest BCUT2D eigenvalue weighted by molar-refractivity contribution is 0.0654. The Morgan fingerprint density at radius 3 is 2.11 bits per heavy atom. The number of aryl methyl sites for hydroxylation is 1. The highest BCUT2D eigenvalue weighted by Gasteiger charge is 2.46. The molecule has 17 heteroatoms. The summed E-state index contributed by atoms with van der Waals surface area (Å²) < 4.78 is 12.7. The molecule has 0 radical (unpaired) electrons. The zero-order chi connectivity index (χ0) is 32.5. The average Bonchev–Trinajstić information content (AvgIpc) is 3.56. The largest absolute Gasteiger partial charge is 0.383 e. The van der Waals surface area contributed by atoms with Crippen LogP contribution in [0.4, 0.5) is 5.82 Å². The van der Waals surface area contributed by atoms with Crippen molar-refractivity contribution in [2.24, 2.45) is 15.0 Å². The normalized spacial score (nSPS) is 22.4. The number of alkyl halides is 1. The van der Waals surface area contributed by atoms with Gasteiger partial charge in [-0.15, -0.1) is 0 Å². The molecule has 0 amide bonds. The number of aromatic nitrogens is 4. The Morgan fingerprint density at radius 1 is 0.933 bits per heavy atom. The summed E-state index contributed by atoms with van der Waals surface area (Å²) in [5, 5.41) is 21.9. The maximum Gasteiger partial charge on any atom is 0.226 e. The lowest BCUT2D eigenvalue weighted by Crippen LogP contribution is -2.51. The fraction of sp³-hybridized carbons (Fsp3) is 0.643. The molecule has 2 unspecified atom stereocenters. The molecule has 2 N–H and O–H groups in total. The van der Waals surface area contributed by atoms with Crippen molar-refractivity contribution in [2.45, 2.75) is 57.6 Å². The number of halogens is 3. The fourth-order valence-electron chi connectivity index (χ4n) is 5.60. The van der Waals surface area contributed by atoms with Gasteiger partial charge in [0.25, 0.3) is 0 Å². The van der Waals surface area contributed by atoms with Crippen LogP contribution < -0.4 is 4.90 Å². The Kier molecular flexibility index (Phi) is 10.4. The highest BCUT2D eigenvalue weighted by molar-refractivity contribution is 9.09. The van der Waals surface area contributed by atoms with Gasteiger partial charge in [-0.1, -0.05) is 22.5 Å². The Morgan fingerprint density at radius 2 is 1.56 bits per heavy atom. The van der Waals surface area contributed by atoms with Crippen LogP contribution in [-0.4, -0.2) is 132 Å². The molecule has 6 rings (SSSR count). The predicted molar refractivity (Wildman–Crippen MR) is 179 cm³/mol. The van der Waals surface area contributed by atoms with Crippen molar-refractivity contribution in [1.29, 1.82) is 0 Å². The van der Waals surface area contributed by atoms with Crippen LogP contribution in [0.25, 0.3) is 11.2 Å². The van der Waals surface area contributed by atoms with E-state index in [4.69, 9.17) is 32.7 Å². The summed E-state index contributed by atoms with van der Waals surface area (Å²) in [6.45, 7) is 16.8. The van der Waals surface area contributed by atoms with E-state index in [9.17, 15) is 10.2 Å². The molecule has 2 aromatic rings. The van der Waals surface area contributed by atoms with Crippen LogP contribution >= 0.6 is 39.1 Å². The second kappa shape index (κ2) is 13.8. The van der Waals surface area contributed by atoms with Crippen LogP contribution in [0.3, 0.4) is 0 Å². The lowest BCUT2D eigenvalue weighted by atomic mass is 10.1. The Labute approximate surface area is 280 Å². The minimum Gasteiger partial charge on any atom is -0.383 e. The first-order valence-corrected chi connectivity index (χ1v) is 16.6. The van der Waals surface area contributed by atoms with Gasteiger partial charge in [-0.25, -0.2) is 15.0 Å². The molecule has 0 aliphatic carbocycles. The van der Waals surface area contributed by atoms with Gasteiger partial charge in [0.05, 0.1) is 26.4 Å². The van der Waals surface area contributed by atoms with E-state index >= 15 is 0 Å². The minimum absolute atomic E-state index is 0.178. The van der Waals surface area contributed by atoms with Crippen molar-refractivity contribution in [3.63, 3.8) is 0 Å². The molecule has 246 valence electrons. The molecule has 6 heterocycles. The number of ether oxygens (including phenoxy) is 2. The molecule has 14 nitrogen and oxygen atoms in total. The molecule has 4 aliphatic heterocycles. The highest BCUT2D eigenvalue weighted by atomic mass is 79.9. The Bertz CT molecular complexity index is 1490. The maximum absolute atomic E-state index is 10.5. The van der Waals surface area contributed by atoms with Crippen LogP contribution in [0.5, 0.6) is 0 Å². The van der Waals surface area contributed by atoms with Gasteiger partial charge < -0.3 is 39.0 Å². The standard InChI is InChI=1S/C14H19BrClN5O2.C14H20ClN5O2/c1-14(2,22)12-17-9-10(20-5-7-23-8-6-20)18-13(16)19-11(9)21(12)4-3-15;1-4-20-11-9(16-12(20)14(2,3)21)10(17-13(15)18-11)19-5-7-22-8-6-19/h22H,3-8H2,1-2H3;4,9,11,21H,1,5-8H2,2-3H3. The van der Waals surface area contributed by atoms with Crippen LogP contribution in [-0.2, 0) is 21.6 Å². The summed E-state index contributed by atoms with van der Waals surface area (Å²) >= 11 is 15.7. The van der Waals surface area contributed by atoms with Gasteiger partial charge in [0.2, 0.25) is 10.6 Å². The maximum atomic E-state index is 10.5. The average molecular weight is 730 g/mol. The molecular formula is C28H39BrCl2N10O4. The number of morpholine rings is 2. The Hall–Kier alpha value is -2.40. The molecule has 0 saturated carbocycles. The highest BCUT2D eigenvalue weighted by Crippen LogP contribution is 2.32. The second-order valence-corrected chi connectivity index (χ2v) is 13.3. The SMILES string of the molecule is C=CN1C(C(C)(C)O)=NC2C(N3CCOCC3)=NC(Cl)=NC21.CC(C)(O)c1nc2c(N3CCOCC3)nc(Cl)nc2n1CCBr. The molecule has 2 fully saturated rings. The van der Waals surface area contributed by atoms with E-state index in [2.05, 4.69) is 62.2 Å². The smallest absolute Gasteiger partial charge is 0.226 e. The number of aliphatic hydroxyl groups is 2. The molecule has 0 bridgehead atoms. The van der Waals surface area contributed by atoms with E-state index < -0.39 is 11.2 Å². The summed E-state index contributed by atoms with van der Waals surface area (Å²) in [5.41, 5.74) is -0.876. The molecule has 2 aromatic heterocycles. The third-order valence-electron chi connectivity index (χ3n) is 7.58. The third-order valence-corrected chi connectivity index (χ3v) is 8.28. The molecule has 4 aliphatic rings. The van der Waals surface area contributed by atoms with Gasteiger partial charge in [-0.3, -0.25) is 4.99 Å². The lowest BCUT2D eigenvalue weighted by Gasteiger charge is -2.35. The third kappa shape index (κ3) is 7.29. The van der Waals surface area contributed by atoms with E-state index in [-0.39, 0.29) is 22.8 Å². The molecule has 0 spiro atoms.